The molecule has 1 aromatic rings. The van der Waals surface area contributed by atoms with E-state index in [0.29, 0.717) is 13.0 Å². The molecule has 4 heteroatoms. The molecule has 0 fully saturated rings. The van der Waals surface area contributed by atoms with Crippen molar-refractivity contribution in [1.29, 1.82) is 0 Å². The highest BCUT2D eigenvalue weighted by atomic mass is 16.5. The Morgan fingerprint density at radius 2 is 1.85 bits per heavy atom. The summed E-state index contributed by atoms with van der Waals surface area (Å²) in [6.45, 7) is 6.30. The molecule has 2 atom stereocenters. The molecule has 0 saturated carbocycles. The fourth-order valence-electron chi connectivity index (χ4n) is 2.24. The zero-order valence-corrected chi connectivity index (χ0v) is 12.4. The first-order valence-corrected chi connectivity index (χ1v) is 7.14. The van der Waals surface area contributed by atoms with Gasteiger partial charge in [0.15, 0.2) is 5.60 Å². The van der Waals surface area contributed by atoms with Crippen molar-refractivity contribution in [3.8, 4) is 5.75 Å². The van der Waals surface area contributed by atoms with Gasteiger partial charge in [0.2, 0.25) is 0 Å². The summed E-state index contributed by atoms with van der Waals surface area (Å²) in [6.07, 6.45) is 1.79. The maximum Gasteiger partial charge on any atom is 0.336 e. The molecule has 0 aliphatic rings. The predicted octanol–water partition coefficient (Wildman–Crippen LogP) is 3.19. The SMILES string of the molecule is CCCOc1ccc(C(C)C(O)(CCC)C(=O)O)cc1. The van der Waals surface area contributed by atoms with E-state index in [1.165, 1.54) is 0 Å². The van der Waals surface area contributed by atoms with Gasteiger partial charge in [-0.1, -0.05) is 39.3 Å². The summed E-state index contributed by atoms with van der Waals surface area (Å²) in [4.78, 5) is 11.4. The first-order chi connectivity index (χ1) is 9.45. The van der Waals surface area contributed by atoms with Crippen LogP contribution in [-0.2, 0) is 4.79 Å². The van der Waals surface area contributed by atoms with Gasteiger partial charge < -0.3 is 14.9 Å². The van der Waals surface area contributed by atoms with Crippen molar-refractivity contribution in [1.82, 2.24) is 0 Å². The molecule has 0 radical (unpaired) electrons. The van der Waals surface area contributed by atoms with Crippen molar-refractivity contribution in [2.24, 2.45) is 0 Å². The fourth-order valence-corrected chi connectivity index (χ4v) is 2.24. The third-order valence-electron chi connectivity index (χ3n) is 3.57. The number of carboxylic acid groups (broad SMARTS) is 1. The predicted molar refractivity (Wildman–Crippen MR) is 78.1 cm³/mol. The maximum atomic E-state index is 11.4. The molecular formula is C16H24O4. The molecule has 0 amide bonds. The first kappa shape index (κ1) is 16.5. The van der Waals surface area contributed by atoms with Crippen molar-refractivity contribution in [3.05, 3.63) is 29.8 Å². The average molecular weight is 280 g/mol. The minimum Gasteiger partial charge on any atom is -0.494 e. The van der Waals surface area contributed by atoms with Crippen LogP contribution in [0.15, 0.2) is 24.3 Å². The molecule has 2 unspecified atom stereocenters. The Bertz CT molecular complexity index is 427. The Balaban J connectivity index is 2.89. The van der Waals surface area contributed by atoms with Gasteiger partial charge in [0.05, 0.1) is 6.61 Å². The second kappa shape index (κ2) is 7.29. The highest BCUT2D eigenvalue weighted by Gasteiger charge is 2.41. The van der Waals surface area contributed by atoms with Gasteiger partial charge in [0, 0.05) is 5.92 Å². The number of benzene rings is 1. The van der Waals surface area contributed by atoms with Crippen LogP contribution in [0.25, 0.3) is 0 Å². The van der Waals surface area contributed by atoms with Crippen molar-refractivity contribution in [3.63, 3.8) is 0 Å². The largest absolute Gasteiger partial charge is 0.494 e. The lowest BCUT2D eigenvalue weighted by molar-refractivity contribution is -0.161. The van der Waals surface area contributed by atoms with Gasteiger partial charge >= 0.3 is 5.97 Å². The summed E-state index contributed by atoms with van der Waals surface area (Å²) in [5.74, 6) is -0.879. The first-order valence-electron chi connectivity index (χ1n) is 7.14. The summed E-state index contributed by atoms with van der Waals surface area (Å²) >= 11 is 0. The number of aliphatic hydroxyl groups is 1. The topological polar surface area (TPSA) is 66.8 Å². The maximum absolute atomic E-state index is 11.4. The zero-order chi connectivity index (χ0) is 15.2. The number of rotatable bonds is 8. The van der Waals surface area contributed by atoms with Crippen LogP contribution >= 0.6 is 0 Å². The lowest BCUT2D eigenvalue weighted by Gasteiger charge is -2.30. The van der Waals surface area contributed by atoms with E-state index < -0.39 is 17.5 Å². The molecular weight excluding hydrogens is 256 g/mol. The Kier molecular flexibility index (Phi) is 6.02. The summed E-state index contributed by atoms with van der Waals surface area (Å²) in [6, 6.07) is 7.27. The summed E-state index contributed by atoms with van der Waals surface area (Å²) in [5.41, 5.74) is -0.923. The van der Waals surface area contributed by atoms with E-state index in [-0.39, 0.29) is 6.42 Å². The van der Waals surface area contributed by atoms with Gasteiger partial charge in [-0.3, -0.25) is 0 Å². The van der Waals surface area contributed by atoms with E-state index in [1.807, 2.05) is 38.1 Å². The molecule has 0 aliphatic heterocycles. The number of aliphatic carboxylic acids is 1. The molecule has 2 N–H and O–H groups in total. The minimum absolute atomic E-state index is 0.234. The van der Waals surface area contributed by atoms with Crippen LogP contribution in [0.2, 0.25) is 0 Å². The number of hydrogen-bond acceptors (Lipinski definition) is 3. The highest BCUT2D eigenvalue weighted by molar-refractivity contribution is 5.78. The van der Waals surface area contributed by atoms with Crippen LogP contribution in [-0.4, -0.2) is 28.4 Å². The quantitative estimate of drug-likeness (QED) is 0.767. The van der Waals surface area contributed by atoms with Crippen LogP contribution in [0.4, 0.5) is 0 Å². The molecule has 0 saturated heterocycles. The lowest BCUT2D eigenvalue weighted by atomic mass is 9.80. The van der Waals surface area contributed by atoms with Crippen LogP contribution in [0.5, 0.6) is 5.75 Å². The Hall–Kier alpha value is -1.55. The zero-order valence-electron chi connectivity index (χ0n) is 12.4. The van der Waals surface area contributed by atoms with Crippen molar-refractivity contribution >= 4 is 5.97 Å². The van der Waals surface area contributed by atoms with E-state index in [1.54, 1.807) is 6.92 Å². The van der Waals surface area contributed by atoms with E-state index in [0.717, 1.165) is 17.7 Å². The molecule has 1 aromatic carbocycles. The second-order valence-corrected chi connectivity index (χ2v) is 5.12. The third kappa shape index (κ3) is 3.73. The summed E-state index contributed by atoms with van der Waals surface area (Å²) < 4.78 is 5.49. The summed E-state index contributed by atoms with van der Waals surface area (Å²) in [7, 11) is 0. The summed E-state index contributed by atoms with van der Waals surface area (Å²) in [5, 5.41) is 19.7. The number of hydrogen-bond donors (Lipinski definition) is 2. The van der Waals surface area contributed by atoms with Crippen LogP contribution < -0.4 is 4.74 Å². The van der Waals surface area contributed by atoms with E-state index in [2.05, 4.69) is 0 Å². The molecule has 112 valence electrons. The lowest BCUT2D eigenvalue weighted by Crippen LogP contribution is -2.43. The molecule has 1 rings (SSSR count). The molecule has 4 nitrogen and oxygen atoms in total. The van der Waals surface area contributed by atoms with Gasteiger partial charge in [-0.2, -0.15) is 0 Å². The standard InChI is InChI=1S/C16H24O4/c1-4-10-16(19,15(17)18)12(3)13-6-8-14(9-7-13)20-11-5-2/h6-9,12,19H,4-5,10-11H2,1-3H3,(H,17,18). The molecule has 0 aromatic heterocycles. The number of carboxylic acids is 1. The molecule has 0 bridgehead atoms. The van der Waals surface area contributed by atoms with Gasteiger partial charge in [0.1, 0.15) is 5.75 Å². The molecule has 0 heterocycles. The Morgan fingerprint density at radius 1 is 1.25 bits per heavy atom. The van der Waals surface area contributed by atoms with Gasteiger partial charge in [-0.15, -0.1) is 0 Å². The average Bonchev–Trinajstić information content (AvgIpc) is 2.44. The number of carbonyl (C=O) groups is 1. The molecule has 20 heavy (non-hydrogen) atoms. The highest BCUT2D eigenvalue weighted by Crippen LogP contribution is 2.33. The van der Waals surface area contributed by atoms with Gasteiger partial charge in [-0.25, -0.2) is 4.79 Å². The van der Waals surface area contributed by atoms with Gasteiger partial charge in [0.25, 0.3) is 0 Å². The van der Waals surface area contributed by atoms with Crippen molar-refractivity contribution in [2.45, 2.75) is 51.6 Å². The fraction of sp³-hybridized carbons (Fsp3) is 0.562. The molecule has 0 spiro atoms. The van der Waals surface area contributed by atoms with E-state index >= 15 is 0 Å². The monoisotopic (exact) mass is 280 g/mol. The van der Waals surface area contributed by atoms with Crippen molar-refractivity contribution < 1.29 is 19.7 Å². The van der Waals surface area contributed by atoms with E-state index in [4.69, 9.17) is 4.74 Å². The Morgan fingerprint density at radius 3 is 2.30 bits per heavy atom. The number of ether oxygens (including phenoxy) is 1. The van der Waals surface area contributed by atoms with Crippen LogP contribution in [0.3, 0.4) is 0 Å². The van der Waals surface area contributed by atoms with Crippen LogP contribution in [0, 0.1) is 0 Å². The third-order valence-corrected chi connectivity index (χ3v) is 3.57. The molecule has 0 aliphatic carbocycles. The normalized spacial score (nSPS) is 15.4. The van der Waals surface area contributed by atoms with Crippen molar-refractivity contribution in [2.75, 3.05) is 6.61 Å². The van der Waals surface area contributed by atoms with Crippen LogP contribution in [0.1, 0.15) is 51.5 Å². The minimum atomic E-state index is -1.72. The Labute approximate surface area is 120 Å². The van der Waals surface area contributed by atoms with Gasteiger partial charge in [-0.05, 0) is 30.5 Å². The smallest absolute Gasteiger partial charge is 0.336 e. The van der Waals surface area contributed by atoms with E-state index in [9.17, 15) is 15.0 Å². The second-order valence-electron chi connectivity index (χ2n) is 5.12.